The molecule has 1 aromatic carbocycles. The Morgan fingerprint density at radius 2 is 1.73 bits per heavy atom. The lowest BCUT2D eigenvalue weighted by molar-refractivity contribution is 0.0825. The molecule has 0 saturated heterocycles. The molecule has 0 aliphatic heterocycles. The normalized spacial score (nSPS) is 12.8. The number of aliphatic hydroxyl groups excluding tert-OH is 1. The van der Waals surface area contributed by atoms with Crippen molar-refractivity contribution in [1.29, 1.82) is 0 Å². The number of imidazole rings is 1. The van der Waals surface area contributed by atoms with Crippen LogP contribution in [0.2, 0.25) is 18.1 Å². The first-order chi connectivity index (χ1) is 17.2. The molecule has 204 valence electrons. The predicted molar refractivity (Wildman–Crippen MR) is 161 cm³/mol. The molecular weight excluding hydrogens is 515 g/mol. The summed E-state index contributed by atoms with van der Waals surface area (Å²) in [5, 5.41) is 10.9. The van der Waals surface area contributed by atoms with Gasteiger partial charge in [-0.05, 0) is 50.4 Å². The summed E-state index contributed by atoms with van der Waals surface area (Å²) in [6.45, 7) is 15.0. The summed E-state index contributed by atoms with van der Waals surface area (Å²) in [7, 11) is 3.13. The van der Waals surface area contributed by atoms with Crippen LogP contribution in [0.3, 0.4) is 0 Å². The van der Waals surface area contributed by atoms with E-state index >= 15 is 0 Å². The quantitative estimate of drug-likeness (QED) is 0.450. The summed E-state index contributed by atoms with van der Waals surface area (Å²) in [6.07, 6.45) is 2.22. The number of pyridine rings is 1. The molecule has 0 saturated carbocycles. The van der Waals surface area contributed by atoms with Gasteiger partial charge in [-0.15, -0.1) is 0 Å². The first kappa shape index (κ1) is 31.0. The van der Waals surface area contributed by atoms with E-state index in [-0.39, 0.29) is 10.9 Å². The van der Waals surface area contributed by atoms with Gasteiger partial charge in [0.05, 0.1) is 17.4 Å². The number of hydrogen-bond donors (Lipinski definition) is 1. The highest BCUT2D eigenvalue weighted by atomic mass is 28.4. The smallest absolute Gasteiger partial charge is 0.255 e. The lowest BCUT2D eigenvalue weighted by Crippen LogP contribution is -2.44. The number of amides is 1. The van der Waals surface area contributed by atoms with Crippen LogP contribution in [-0.4, -0.2) is 68.7 Å². The molecule has 0 fully saturated rings. The Labute approximate surface area is 229 Å². The molecule has 0 bridgehead atoms. The largest absolute Gasteiger partial charge is 0.541 e. The average molecular weight is 560 g/mol. The highest BCUT2D eigenvalue weighted by molar-refractivity contribution is 6.74. The van der Waals surface area contributed by atoms with Crippen LogP contribution in [-0.2, 0) is 10.5 Å². The number of aliphatic hydroxyl groups is 1. The van der Waals surface area contributed by atoms with E-state index in [0.717, 1.165) is 49.1 Å². The molecule has 0 aliphatic carbocycles. The number of fused-ring (bicyclic) bond motifs is 1. The molecule has 1 unspecified atom stereocenters. The molecule has 0 radical (unpaired) electrons. The Kier molecular flexibility index (Phi) is 10.5. The molecule has 2 aromatic heterocycles. The Hall–Kier alpha value is -2.25. The third kappa shape index (κ3) is 7.20. The average Bonchev–Trinajstić information content (AvgIpc) is 3.11. The van der Waals surface area contributed by atoms with E-state index < -0.39 is 14.4 Å². The maximum absolute atomic E-state index is 13.3. The van der Waals surface area contributed by atoms with Gasteiger partial charge in [-0.3, -0.25) is 4.79 Å². The number of hydrogen-bond acceptors (Lipinski definition) is 5. The van der Waals surface area contributed by atoms with Crippen molar-refractivity contribution in [1.82, 2.24) is 14.3 Å². The van der Waals surface area contributed by atoms with Gasteiger partial charge in [-0.2, -0.15) is 0 Å². The zero-order chi connectivity index (χ0) is 28.1. The minimum absolute atomic E-state index is 0.0247. The molecule has 10 heteroatoms. The fraction of sp³-hybridized carbons (Fsp3) is 0.481. The Bertz CT molecular complexity index is 1210. The van der Waals surface area contributed by atoms with Gasteiger partial charge < -0.3 is 22.9 Å². The van der Waals surface area contributed by atoms with Crippen molar-refractivity contribution in [3.05, 3.63) is 64.6 Å². The fourth-order valence-corrected chi connectivity index (χ4v) is 4.75. The molecule has 1 atom stereocenters. The first-order valence-corrected chi connectivity index (χ1v) is 17.2. The van der Waals surface area contributed by atoms with Crippen molar-refractivity contribution < 1.29 is 18.4 Å². The van der Waals surface area contributed by atoms with Gasteiger partial charge in [-0.1, -0.05) is 51.1 Å². The van der Waals surface area contributed by atoms with E-state index in [1.807, 2.05) is 54.8 Å². The topological polar surface area (TPSA) is 76.3 Å². The molecule has 7 nitrogen and oxygen atoms in total. The minimum atomic E-state index is -2.25. The van der Waals surface area contributed by atoms with Crippen molar-refractivity contribution >= 4 is 40.8 Å². The number of aromatic nitrogens is 2. The number of carbonyl (C=O) groups excluding carboxylic acids is 1. The number of aryl methyl sites for hydroxylation is 2. The minimum Gasteiger partial charge on any atom is -0.541 e. The standard InChI is InChI=1S/C27H39N3O3Si.H6OSi2/c1-18-19(2)30-17-22(26(32)29(6)7)21(15-16-23(31)20-13-11-10-12-14-20)24(25(30)28-18)33-34(8,9)27(3,4)5;2-1-3/h10-14,17,23,31H,15-16H2,1-9H3;2-3H3. The van der Waals surface area contributed by atoms with Crippen molar-refractivity contribution in [3.63, 3.8) is 0 Å². The fourth-order valence-electron chi connectivity index (χ4n) is 3.72. The van der Waals surface area contributed by atoms with Gasteiger partial charge in [0.2, 0.25) is 0 Å². The summed E-state index contributed by atoms with van der Waals surface area (Å²) in [6, 6.07) is 9.63. The molecule has 3 aromatic rings. The van der Waals surface area contributed by atoms with Crippen molar-refractivity contribution in [3.8, 4) is 5.75 Å². The van der Waals surface area contributed by atoms with Crippen molar-refractivity contribution in [2.75, 3.05) is 14.1 Å². The van der Waals surface area contributed by atoms with Gasteiger partial charge in [0.15, 0.2) is 11.4 Å². The van der Waals surface area contributed by atoms with Crippen LogP contribution in [0.1, 0.15) is 66.2 Å². The third-order valence-corrected chi connectivity index (χ3v) is 11.4. The zero-order valence-electron chi connectivity index (χ0n) is 24.5. The summed E-state index contributed by atoms with van der Waals surface area (Å²) >= 11 is 0. The van der Waals surface area contributed by atoms with Gasteiger partial charge in [0.1, 0.15) is 21.0 Å². The number of carbonyl (C=O) groups is 1. The maximum Gasteiger partial charge on any atom is 0.255 e. The summed E-state index contributed by atoms with van der Waals surface area (Å²) in [5.74, 6) is 0.590. The molecule has 2 heterocycles. The molecule has 1 N–H and O–H groups in total. The van der Waals surface area contributed by atoms with E-state index in [1.165, 1.54) is 0 Å². The predicted octanol–water partition coefficient (Wildman–Crippen LogP) is 3.27. The SMILES string of the molecule is Cc1nc2c(O[Si](C)(C)C(C)(C)C)c(CCC(O)c3ccccc3)c(C(=O)N(C)C)cn2c1C.[SiH3]O[SiH3]. The van der Waals surface area contributed by atoms with Crippen LogP contribution >= 0.6 is 0 Å². The monoisotopic (exact) mass is 559 g/mol. The summed E-state index contributed by atoms with van der Waals surface area (Å²) in [4.78, 5) is 19.8. The van der Waals surface area contributed by atoms with E-state index in [9.17, 15) is 9.90 Å². The van der Waals surface area contributed by atoms with Crippen LogP contribution in [0.5, 0.6) is 5.75 Å². The molecule has 0 spiro atoms. The van der Waals surface area contributed by atoms with Crippen LogP contribution in [0.15, 0.2) is 36.5 Å². The van der Waals surface area contributed by atoms with Crippen LogP contribution in [0.4, 0.5) is 0 Å². The molecule has 1 amide bonds. The third-order valence-electron chi connectivity index (χ3n) is 7.10. The van der Waals surface area contributed by atoms with Crippen molar-refractivity contribution in [2.45, 2.75) is 71.7 Å². The summed E-state index contributed by atoms with van der Waals surface area (Å²) < 4.78 is 13.4. The van der Waals surface area contributed by atoms with Gasteiger partial charge in [0.25, 0.3) is 14.2 Å². The number of benzene rings is 1. The number of nitrogens with zero attached hydrogens (tertiary/aromatic N) is 3. The van der Waals surface area contributed by atoms with E-state index in [4.69, 9.17) is 9.41 Å². The molecule has 3 rings (SSSR count). The second-order valence-electron chi connectivity index (χ2n) is 11.3. The molecular formula is C27H45N3O4Si3. The van der Waals surface area contributed by atoms with Crippen LogP contribution in [0.25, 0.3) is 5.65 Å². The second-order valence-corrected chi connectivity index (χ2v) is 19.3. The van der Waals surface area contributed by atoms with Crippen LogP contribution in [0, 0.1) is 13.8 Å². The van der Waals surface area contributed by atoms with Gasteiger partial charge in [0, 0.05) is 31.5 Å². The first-order valence-electron chi connectivity index (χ1n) is 12.7. The highest BCUT2D eigenvalue weighted by Crippen LogP contribution is 2.41. The Morgan fingerprint density at radius 3 is 2.24 bits per heavy atom. The second kappa shape index (κ2) is 12.5. The molecule has 37 heavy (non-hydrogen) atoms. The Balaban J connectivity index is 0.00000153. The maximum atomic E-state index is 13.3. The molecule has 0 aliphatic rings. The zero-order valence-corrected chi connectivity index (χ0v) is 29.5. The lowest BCUT2D eigenvalue weighted by Gasteiger charge is -2.37. The van der Waals surface area contributed by atoms with E-state index in [2.05, 4.69) is 38.0 Å². The van der Waals surface area contributed by atoms with Crippen LogP contribution < -0.4 is 4.43 Å². The number of rotatable bonds is 7. The summed E-state index contributed by atoms with van der Waals surface area (Å²) in [5.41, 5.74) is 4.90. The lowest BCUT2D eigenvalue weighted by atomic mass is 9.98. The van der Waals surface area contributed by atoms with Gasteiger partial charge >= 0.3 is 0 Å². The van der Waals surface area contributed by atoms with Crippen molar-refractivity contribution in [2.24, 2.45) is 0 Å². The van der Waals surface area contributed by atoms with E-state index in [0.29, 0.717) is 24.2 Å². The Morgan fingerprint density at radius 1 is 1.16 bits per heavy atom. The van der Waals surface area contributed by atoms with Gasteiger partial charge in [-0.25, -0.2) is 4.98 Å². The highest BCUT2D eigenvalue weighted by Gasteiger charge is 2.40. The van der Waals surface area contributed by atoms with E-state index in [1.54, 1.807) is 19.0 Å².